The fourth-order valence-electron chi connectivity index (χ4n) is 20.2. The highest BCUT2D eigenvalue weighted by atomic mass is 16.8. The van der Waals surface area contributed by atoms with Crippen LogP contribution in [0, 0.1) is 0 Å². The van der Waals surface area contributed by atoms with Crippen LogP contribution >= 0.6 is 0 Å². The largest absolute Gasteiger partial charge is 0.490 e. The number of hydrogen-bond acceptors (Lipinski definition) is 18. The van der Waals surface area contributed by atoms with Crippen LogP contribution in [0.1, 0.15) is 78.1 Å². The molecule has 10 aliphatic heterocycles. The molecule has 20 heteroatoms. The van der Waals surface area contributed by atoms with Crippen LogP contribution in [0.2, 0.25) is 0 Å². The molecule has 8 unspecified atom stereocenters. The summed E-state index contributed by atoms with van der Waals surface area (Å²) >= 11 is 0. The van der Waals surface area contributed by atoms with Gasteiger partial charge >= 0.3 is 0 Å². The van der Waals surface area contributed by atoms with Gasteiger partial charge in [0.1, 0.15) is 148 Å². The van der Waals surface area contributed by atoms with Crippen LogP contribution in [-0.4, -0.2) is 123 Å². The lowest BCUT2D eigenvalue weighted by molar-refractivity contribution is -0.155. The molecule has 0 spiro atoms. The molecule has 14 aromatic rings. The van der Waals surface area contributed by atoms with Crippen LogP contribution in [0.15, 0.2) is 385 Å². The summed E-state index contributed by atoms with van der Waals surface area (Å²) in [6.45, 7) is -0.556. The first-order valence-corrected chi connectivity index (χ1v) is 44.9. The first-order valence-electron chi connectivity index (χ1n) is 44.9. The number of allylic oxidation sites excluding steroid dienone is 4. The van der Waals surface area contributed by atoms with Gasteiger partial charge in [-0.15, -0.1) is 0 Å². The summed E-state index contributed by atoms with van der Waals surface area (Å²) in [5, 5.41) is 1.22. The van der Waals surface area contributed by atoms with Crippen LogP contribution in [0.4, 0.5) is 0 Å². The van der Waals surface area contributed by atoms with Crippen LogP contribution in [0.25, 0.3) is 22.3 Å². The molecule has 4 saturated heterocycles. The lowest BCUT2D eigenvalue weighted by atomic mass is 9.97. The fourth-order valence-corrected chi connectivity index (χ4v) is 20.2. The molecule has 0 amide bonds. The van der Waals surface area contributed by atoms with E-state index in [2.05, 4.69) is 34.2 Å². The van der Waals surface area contributed by atoms with Gasteiger partial charge in [0.2, 0.25) is 23.1 Å². The van der Waals surface area contributed by atoms with Gasteiger partial charge in [-0.1, -0.05) is 267 Å². The van der Waals surface area contributed by atoms with E-state index in [1.54, 1.807) is 0 Å². The zero-order valence-electron chi connectivity index (χ0n) is 71.3. The Hall–Kier alpha value is -14.7. The molecule has 20 nitrogen and oxygen atoms in total. The van der Waals surface area contributed by atoms with Gasteiger partial charge in [-0.3, -0.25) is 0 Å². The second-order valence-corrected chi connectivity index (χ2v) is 34.2. The maximum Gasteiger partial charge on any atom is 0.223 e. The van der Waals surface area contributed by atoms with Crippen molar-refractivity contribution >= 4 is 33.7 Å². The second kappa shape index (κ2) is 32.8. The zero-order valence-corrected chi connectivity index (χ0v) is 71.3. The lowest BCUT2D eigenvalue weighted by Gasteiger charge is -2.29. The Kier molecular flexibility index (Phi) is 19.7. The van der Waals surface area contributed by atoms with E-state index in [0.29, 0.717) is 135 Å². The van der Waals surface area contributed by atoms with Crippen LogP contribution in [0.5, 0.6) is 46.0 Å². The van der Waals surface area contributed by atoms with E-state index in [1.165, 1.54) is 0 Å². The Morgan fingerprint density at radius 3 is 0.598 bits per heavy atom. The summed E-state index contributed by atoms with van der Waals surface area (Å²) in [4.78, 5) is 20.2. The Morgan fingerprint density at radius 2 is 0.394 bits per heavy atom. The van der Waals surface area contributed by atoms with Crippen molar-refractivity contribution in [3.05, 3.63) is 464 Å². The zero-order chi connectivity index (χ0) is 87.3. The lowest BCUT2D eigenvalue weighted by Crippen LogP contribution is -2.35. The van der Waals surface area contributed by atoms with Crippen LogP contribution in [0.3, 0.4) is 0 Å². The molecule has 2 N–H and O–H groups in total. The average Bonchev–Trinajstić information content (AvgIpc) is 1.61. The highest BCUT2D eigenvalue weighted by Crippen LogP contribution is 2.54. The summed E-state index contributed by atoms with van der Waals surface area (Å²) in [5.41, 5.74) is 14.0. The predicted molar refractivity (Wildman–Crippen MR) is 494 cm³/mol. The maximum absolute atomic E-state index is 7.67. The Morgan fingerprint density at radius 1 is 0.197 bits per heavy atom. The number of hydrogen-bond donors (Lipinski definition) is 2. The minimum atomic E-state index is -1.48. The van der Waals surface area contributed by atoms with Gasteiger partial charge in [-0.2, -0.15) is 0 Å². The normalized spacial score (nSPS) is 23.0. The summed E-state index contributed by atoms with van der Waals surface area (Å²) in [6.07, 6.45) is 1.41. The Labute approximate surface area is 760 Å². The van der Waals surface area contributed by atoms with Crippen LogP contribution < -0.4 is 48.6 Å². The number of aromatic nitrogens is 2. The topological polar surface area (TPSA) is 204 Å². The van der Waals surface area contributed by atoms with Crippen molar-refractivity contribution in [1.29, 1.82) is 0 Å². The summed E-state index contributed by atoms with van der Waals surface area (Å²) in [6, 6.07) is 112. The molecule has 32 bridgehead atoms. The van der Waals surface area contributed by atoms with Gasteiger partial charge in [0.25, 0.3) is 0 Å². The monoisotopic (exact) mass is 1740 g/mol. The number of H-pyrrole nitrogens is 2. The highest BCUT2D eigenvalue weighted by molar-refractivity contribution is 6.33. The molecular weight excluding hydrogens is 1660 g/mol. The van der Waals surface area contributed by atoms with Gasteiger partial charge in [-0.05, 0) is 97.1 Å². The third kappa shape index (κ3) is 13.6. The molecule has 650 valence electrons. The fraction of sp³-hybridized carbons (Fsp3) is 0.179. The highest BCUT2D eigenvalue weighted by Gasteiger charge is 2.56. The van der Waals surface area contributed by atoms with Crippen molar-refractivity contribution in [1.82, 2.24) is 9.97 Å². The number of aliphatic imine (C=N–C) groups is 2. The van der Waals surface area contributed by atoms with E-state index < -0.39 is 72.0 Å². The summed E-state index contributed by atoms with van der Waals surface area (Å²) in [5.74, 6) is -2.47. The molecule has 0 saturated carbocycles. The number of aromatic amines is 2. The van der Waals surface area contributed by atoms with Gasteiger partial charge in [0.15, 0.2) is 0 Å². The van der Waals surface area contributed by atoms with E-state index in [9.17, 15) is 0 Å². The number of nitrogens with zero attached hydrogens (tertiary/aromatic N) is 2. The van der Waals surface area contributed by atoms with Gasteiger partial charge in [0.05, 0.1) is 45.1 Å². The molecule has 25 rings (SSSR count). The molecule has 11 aliphatic rings. The van der Waals surface area contributed by atoms with Crippen molar-refractivity contribution in [3.8, 4) is 46.0 Å². The first-order chi connectivity index (χ1) is 65.3. The minimum Gasteiger partial charge on any atom is -0.490 e. The first kappa shape index (κ1) is 79.5. The number of benzene rings is 12. The summed E-state index contributed by atoms with van der Waals surface area (Å²) < 4.78 is 122. The molecule has 1 aliphatic carbocycles. The Bertz CT molecular complexity index is 6600. The minimum absolute atomic E-state index is 0.0691. The molecule has 2 aromatic heterocycles. The molecule has 0 radical (unpaired) electrons. The van der Waals surface area contributed by atoms with E-state index in [-0.39, 0.29) is 52.9 Å². The predicted octanol–water partition coefficient (Wildman–Crippen LogP) is 17.8. The quantitative estimate of drug-likeness (QED) is 0.145. The third-order valence-corrected chi connectivity index (χ3v) is 26.4. The summed E-state index contributed by atoms with van der Waals surface area (Å²) in [7, 11) is 0. The number of nitrogens with one attached hydrogen (secondary N) is 2. The van der Waals surface area contributed by atoms with Gasteiger partial charge in [-0.25, -0.2) is 9.98 Å². The van der Waals surface area contributed by atoms with E-state index in [1.807, 2.05) is 340 Å². The van der Waals surface area contributed by atoms with Crippen molar-refractivity contribution in [3.63, 3.8) is 0 Å². The van der Waals surface area contributed by atoms with Crippen LogP contribution in [-0.2, 0) is 61.0 Å². The standard InChI is InChI=1S/C112H86N4O16/c1-9-29-69(30-10-1)109(70-31-11-2-12-32-70)125-93-61-117-85-45-25-47-87-105(85)101-77-53-54-78(113-77)102-80-56-58-82(115-80)104-84-60-59-83(116-84)103(81-57-55-79(101)114-81)107-89(121-65-97-95(63-119-87)127-110(129-97,71-33-13-3-14-34-71)72-35-15-4-16-36-72)49-27-51-91(107)123-67-99-100(132-112(131-99,75-41-21-7-22-42-75)76-43-23-8-24-44-76)68-124-92-52-28-50-90(108(92)104)122-66-98-96(64-120-88-48-26-46-86(106(88)102)118-62-94(93)126-109)128-111(130-98,73-37-17-5-18-38-73)74-39-19-6-20-40-74/h1-60,93-100,113,116H,61-68H2. The second-order valence-electron chi connectivity index (χ2n) is 34.2. The molecule has 8 atom stereocenters. The number of ether oxygens (including phenoxy) is 16. The van der Waals surface area contributed by atoms with Crippen molar-refractivity contribution in [2.75, 3.05) is 52.9 Å². The Balaban J connectivity index is 0.786. The number of rotatable bonds is 8. The molecular formula is C112H86N4O16. The van der Waals surface area contributed by atoms with Gasteiger partial charge < -0.3 is 85.8 Å². The molecule has 12 aromatic carbocycles. The van der Waals surface area contributed by atoms with E-state index in [0.717, 1.165) is 44.5 Å². The van der Waals surface area contributed by atoms with Crippen molar-refractivity contribution in [2.45, 2.75) is 72.0 Å². The third-order valence-electron chi connectivity index (χ3n) is 26.4. The molecule has 12 heterocycles. The van der Waals surface area contributed by atoms with E-state index in [4.69, 9.17) is 85.8 Å². The van der Waals surface area contributed by atoms with Gasteiger partial charge in [0, 0.05) is 88.9 Å². The SMILES string of the molecule is C1=CC2=C3c4ccc([nH]4)C4=C5C=CC(=N5)C5=c6ccc([nH]6)=C(C1=N2)c1c2cccc1OCC1OC(c6ccccc6)(c6ccccc6)OC1COc1cccc(c15)OCC1OC(c5ccccc5)(c5ccccc5)OC1COc1cccc(c14)OCC1OC(c4ccccc4)(c4ccccc4)OC1COc1cccc(c13)OCC1OC(c3ccccc3)(c3ccccc3)OC1CO2. The average molecular weight is 1740 g/mol. The van der Waals surface area contributed by atoms with Crippen molar-refractivity contribution in [2.24, 2.45) is 9.98 Å². The molecule has 4 fully saturated rings. The smallest absolute Gasteiger partial charge is 0.223 e. The number of fused-ring (bicyclic) bond motifs is 7. The van der Waals surface area contributed by atoms with Crippen molar-refractivity contribution < 1.29 is 75.8 Å². The molecule has 132 heavy (non-hydrogen) atoms. The maximum atomic E-state index is 7.67. The van der Waals surface area contributed by atoms with E-state index >= 15 is 0 Å².